The molecule has 174 valence electrons. The zero-order chi connectivity index (χ0) is 23.8. The number of nitro groups is 1. The Morgan fingerprint density at radius 2 is 2.06 bits per heavy atom. The van der Waals surface area contributed by atoms with Crippen molar-refractivity contribution in [2.24, 2.45) is 11.3 Å². The van der Waals surface area contributed by atoms with Crippen LogP contribution in [0.5, 0.6) is 0 Å². The number of benzene rings is 1. The number of rotatable bonds is 4. The monoisotopic (exact) mass is 468 g/mol. The van der Waals surface area contributed by atoms with Gasteiger partial charge >= 0.3 is 0 Å². The van der Waals surface area contributed by atoms with Gasteiger partial charge in [0.05, 0.1) is 35.0 Å². The van der Waals surface area contributed by atoms with Gasteiger partial charge in [-0.3, -0.25) is 14.9 Å². The van der Waals surface area contributed by atoms with Gasteiger partial charge in [-0.1, -0.05) is 20.8 Å². The molecule has 2 heterocycles. The summed E-state index contributed by atoms with van der Waals surface area (Å²) in [4.78, 5) is 27.4. The maximum atomic E-state index is 13.4. The number of morpholine rings is 1. The van der Waals surface area contributed by atoms with Crippen LogP contribution in [0.1, 0.15) is 53.6 Å². The topological polar surface area (TPSA) is 108 Å². The van der Waals surface area contributed by atoms with Gasteiger partial charge in [-0.05, 0) is 42.2 Å². The molecule has 0 bridgehead atoms. The number of nitriles is 1. The van der Waals surface area contributed by atoms with Crippen LogP contribution in [0.2, 0.25) is 0 Å². The predicted molar refractivity (Wildman–Crippen MR) is 128 cm³/mol. The van der Waals surface area contributed by atoms with Crippen LogP contribution in [0.3, 0.4) is 0 Å². The lowest BCUT2D eigenvalue weighted by Crippen LogP contribution is -2.37. The van der Waals surface area contributed by atoms with E-state index in [1.807, 2.05) is 4.90 Å². The van der Waals surface area contributed by atoms with Crippen molar-refractivity contribution in [2.45, 2.75) is 40.0 Å². The molecule has 1 aliphatic carbocycles. The van der Waals surface area contributed by atoms with Gasteiger partial charge in [0.15, 0.2) is 0 Å². The molecule has 1 aromatic heterocycles. The summed E-state index contributed by atoms with van der Waals surface area (Å²) in [6.07, 6.45) is 2.73. The van der Waals surface area contributed by atoms with Crippen molar-refractivity contribution >= 4 is 33.6 Å². The first-order valence-corrected chi connectivity index (χ1v) is 12.0. The summed E-state index contributed by atoms with van der Waals surface area (Å²) in [7, 11) is 0. The van der Waals surface area contributed by atoms with Gasteiger partial charge in [-0.15, -0.1) is 11.3 Å². The fourth-order valence-electron chi connectivity index (χ4n) is 4.60. The lowest BCUT2D eigenvalue weighted by Gasteiger charge is -2.33. The zero-order valence-corrected chi connectivity index (χ0v) is 20.0. The van der Waals surface area contributed by atoms with Gasteiger partial charge < -0.3 is 15.0 Å². The second-order valence-electron chi connectivity index (χ2n) is 9.64. The first-order chi connectivity index (χ1) is 15.7. The molecule has 8 nitrogen and oxygen atoms in total. The fourth-order valence-corrected chi connectivity index (χ4v) is 5.87. The summed E-state index contributed by atoms with van der Waals surface area (Å²) in [6, 6.07) is 6.63. The first-order valence-electron chi connectivity index (χ1n) is 11.2. The van der Waals surface area contributed by atoms with Crippen molar-refractivity contribution in [2.75, 3.05) is 36.5 Å². The maximum absolute atomic E-state index is 13.4. The molecule has 9 heteroatoms. The Bertz CT molecular complexity index is 1120. The van der Waals surface area contributed by atoms with E-state index in [2.05, 4.69) is 32.2 Å². The maximum Gasteiger partial charge on any atom is 0.270 e. The number of nitrogens with zero attached hydrogens (tertiary/aromatic N) is 3. The molecule has 1 saturated heterocycles. The number of hydrogen-bond acceptors (Lipinski definition) is 7. The third-order valence-electron chi connectivity index (χ3n) is 6.62. The third-order valence-corrected chi connectivity index (χ3v) is 7.79. The number of thiophene rings is 1. The van der Waals surface area contributed by atoms with Crippen LogP contribution in [0, 0.1) is 32.8 Å². The van der Waals surface area contributed by atoms with E-state index in [9.17, 15) is 20.2 Å². The standard InChI is InChI=1S/C24H28N4O4S/c1-24(2,3)15-4-6-17-19(14-25)23(33-21(17)12-15)26-22(29)18-13-16(28(30)31)5-7-20(18)27-8-10-32-11-9-27/h5,7,13,15H,4,6,8-12H2,1-3H3,(H,26,29)/t15-/m0/s1. The number of non-ortho nitro benzene ring substituents is 1. The molecule has 1 N–H and O–H groups in total. The minimum absolute atomic E-state index is 0.142. The minimum atomic E-state index is -0.503. The Labute approximate surface area is 197 Å². The van der Waals surface area contributed by atoms with E-state index in [0.717, 1.165) is 29.7 Å². The largest absolute Gasteiger partial charge is 0.378 e. The summed E-state index contributed by atoms with van der Waals surface area (Å²) in [5.41, 5.74) is 2.45. The molecule has 33 heavy (non-hydrogen) atoms. The van der Waals surface area contributed by atoms with E-state index in [4.69, 9.17) is 4.74 Å². The molecule has 1 aromatic carbocycles. The number of nitro benzene ring substituents is 1. The SMILES string of the molecule is CC(C)(C)[C@H]1CCc2c(sc(NC(=O)c3cc([N+](=O)[O-])ccc3N3CCOCC3)c2C#N)C1. The highest BCUT2D eigenvalue weighted by Crippen LogP contribution is 2.44. The number of carbonyl (C=O) groups excluding carboxylic acids is 1. The van der Waals surface area contributed by atoms with Crippen molar-refractivity contribution in [3.8, 4) is 6.07 Å². The number of fused-ring (bicyclic) bond motifs is 1. The summed E-state index contributed by atoms with van der Waals surface area (Å²) >= 11 is 1.46. The molecule has 0 unspecified atom stereocenters. The van der Waals surface area contributed by atoms with Crippen LogP contribution in [-0.2, 0) is 17.6 Å². The van der Waals surface area contributed by atoms with Crippen molar-refractivity contribution in [1.82, 2.24) is 0 Å². The van der Waals surface area contributed by atoms with Gasteiger partial charge in [0.1, 0.15) is 11.1 Å². The lowest BCUT2D eigenvalue weighted by atomic mass is 9.72. The van der Waals surface area contributed by atoms with Gasteiger partial charge in [-0.25, -0.2) is 0 Å². The number of carbonyl (C=O) groups is 1. The summed E-state index contributed by atoms with van der Waals surface area (Å²) in [5.74, 6) is 0.0751. The average Bonchev–Trinajstić information content (AvgIpc) is 3.14. The Kier molecular flexibility index (Phi) is 6.41. The highest BCUT2D eigenvalue weighted by Gasteiger charge is 2.33. The van der Waals surface area contributed by atoms with Crippen LogP contribution in [-0.4, -0.2) is 37.1 Å². The van der Waals surface area contributed by atoms with Crippen LogP contribution < -0.4 is 10.2 Å². The van der Waals surface area contributed by atoms with Crippen LogP contribution >= 0.6 is 11.3 Å². The smallest absolute Gasteiger partial charge is 0.270 e. The molecule has 1 amide bonds. The van der Waals surface area contributed by atoms with E-state index in [1.54, 1.807) is 6.07 Å². The van der Waals surface area contributed by atoms with Crippen molar-refractivity contribution in [3.05, 3.63) is 49.9 Å². The number of anilines is 2. The summed E-state index contributed by atoms with van der Waals surface area (Å²) in [5, 5.41) is 24.6. The number of amides is 1. The van der Waals surface area contributed by atoms with Gasteiger partial charge in [0, 0.05) is 30.1 Å². The lowest BCUT2D eigenvalue weighted by molar-refractivity contribution is -0.384. The van der Waals surface area contributed by atoms with E-state index in [1.165, 1.54) is 23.5 Å². The molecule has 1 atom stereocenters. The quantitative estimate of drug-likeness (QED) is 0.511. The van der Waals surface area contributed by atoms with Gasteiger partial charge in [0.2, 0.25) is 0 Å². The van der Waals surface area contributed by atoms with Crippen LogP contribution in [0.25, 0.3) is 0 Å². The highest BCUT2D eigenvalue weighted by molar-refractivity contribution is 7.16. The normalized spacial score (nSPS) is 18.4. The van der Waals surface area contributed by atoms with Crippen molar-refractivity contribution in [1.29, 1.82) is 5.26 Å². The Morgan fingerprint density at radius 3 is 2.70 bits per heavy atom. The van der Waals surface area contributed by atoms with E-state index >= 15 is 0 Å². The molecule has 1 fully saturated rings. The molecule has 0 saturated carbocycles. The van der Waals surface area contributed by atoms with Crippen LogP contribution in [0.4, 0.5) is 16.4 Å². The second kappa shape index (κ2) is 9.12. The van der Waals surface area contributed by atoms with E-state index in [-0.39, 0.29) is 16.7 Å². The van der Waals surface area contributed by atoms with E-state index < -0.39 is 10.8 Å². The molecule has 2 aliphatic rings. The fraction of sp³-hybridized carbons (Fsp3) is 0.500. The Balaban J connectivity index is 1.66. The minimum Gasteiger partial charge on any atom is -0.378 e. The van der Waals surface area contributed by atoms with Crippen molar-refractivity contribution < 1.29 is 14.5 Å². The second-order valence-corrected chi connectivity index (χ2v) is 10.7. The Morgan fingerprint density at radius 1 is 1.33 bits per heavy atom. The zero-order valence-electron chi connectivity index (χ0n) is 19.1. The highest BCUT2D eigenvalue weighted by atomic mass is 32.1. The van der Waals surface area contributed by atoms with Crippen molar-refractivity contribution in [3.63, 3.8) is 0 Å². The molecule has 0 radical (unpaired) electrons. The number of nitrogens with one attached hydrogen (secondary N) is 1. The third kappa shape index (κ3) is 4.72. The van der Waals surface area contributed by atoms with Gasteiger partial charge in [-0.2, -0.15) is 5.26 Å². The molecule has 2 aromatic rings. The summed E-state index contributed by atoms with van der Waals surface area (Å²) in [6.45, 7) is 8.97. The first kappa shape index (κ1) is 23.2. The van der Waals surface area contributed by atoms with Gasteiger partial charge in [0.25, 0.3) is 11.6 Å². The predicted octanol–water partition coefficient (Wildman–Crippen LogP) is 4.77. The molecule has 0 spiro atoms. The molecular weight excluding hydrogens is 440 g/mol. The summed E-state index contributed by atoms with van der Waals surface area (Å²) < 4.78 is 5.40. The molecule has 4 rings (SSSR count). The molecular formula is C24H28N4O4S. The number of ether oxygens (including phenoxy) is 1. The van der Waals surface area contributed by atoms with Crippen LogP contribution in [0.15, 0.2) is 18.2 Å². The number of hydrogen-bond donors (Lipinski definition) is 1. The van der Waals surface area contributed by atoms with E-state index in [0.29, 0.717) is 48.5 Å². The average molecular weight is 469 g/mol. The molecule has 1 aliphatic heterocycles. The Hall–Kier alpha value is -2.96.